The molecule has 0 aliphatic rings. The van der Waals surface area contributed by atoms with Gasteiger partial charge in [-0.05, 0) is 45.0 Å². The van der Waals surface area contributed by atoms with Crippen LogP contribution in [0.3, 0.4) is 0 Å². The summed E-state index contributed by atoms with van der Waals surface area (Å²) in [6.45, 7) is 6.26. The number of benzene rings is 1. The van der Waals surface area contributed by atoms with Crippen molar-refractivity contribution in [2.45, 2.75) is 26.3 Å². The van der Waals surface area contributed by atoms with Gasteiger partial charge in [-0.2, -0.15) is 0 Å². The smallest absolute Gasteiger partial charge is 0.135 e. The van der Waals surface area contributed by atoms with Crippen LogP contribution in [0.4, 0.5) is 23.0 Å². The zero-order valence-corrected chi connectivity index (χ0v) is 11.4. The van der Waals surface area contributed by atoms with Gasteiger partial charge in [0.15, 0.2) is 0 Å². The van der Waals surface area contributed by atoms with E-state index in [2.05, 4.69) is 41.4 Å². The summed E-state index contributed by atoms with van der Waals surface area (Å²) in [5.41, 5.74) is 7.29. The fourth-order valence-electron chi connectivity index (χ4n) is 1.59. The minimum Gasteiger partial charge on any atom is -0.399 e. The Bertz CT molecular complexity index is 543. The first-order valence-corrected chi connectivity index (χ1v) is 6.15. The van der Waals surface area contributed by atoms with Gasteiger partial charge in [-0.15, -0.1) is 0 Å². The van der Waals surface area contributed by atoms with Gasteiger partial charge in [0.1, 0.15) is 18.0 Å². The van der Waals surface area contributed by atoms with Gasteiger partial charge in [-0.25, -0.2) is 9.97 Å². The molecule has 0 aliphatic carbocycles. The zero-order chi connectivity index (χ0) is 13.9. The summed E-state index contributed by atoms with van der Waals surface area (Å²) < 4.78 is 0. The highest BCUT2D eigenvalue weighted by atomic mass is 15.1. The summed E-state index contributed by atoms with van der Waals surface area (Å²) >= 11 is 0. The fourth-order valence-corrected chi connectivity index (χ4v) is 1.59. The van der Waals surface area contributed by atoms with Crippen molar-refractivity contribution in [3.05, 3.63) is 36.7 Å². The number of aromatic nitrogens is 2. The third kappa shape index (κ3) is 4.13. The molecule has 100 valence electrons. The van der Waals surface area contributed by atoms with Gasteiger partial charge in [0.2, 0.25) is 0 Å². The second-order valence-corrected chi connectivity index (χ2v) is 5.41. The van der Waals surface area contributed by atoms with E-state index in [0.717, 1.165) is 23.0 Å². The van der Waals surface area contributed by atoms with Crippen LogP contribution in [0.5, 0.6) is 0 Å². The Balaban J connectivity index is 2.13. The molecule has 19 heavy (non-hydrogen) atoms. The number of nitrogens with two attached hydrogens (primary N) is 1. The maximum Gasteiger partial charge on any atom is 0.135 e. The van der Waals surface area contributed by atoms with E-state index in [1.54, 1.807) is 0 Å². The Hall–Kier alpha value is -2.30. The largest absolute Gasteiger partial charge is 0.399 e. The van der Waals surface area contributed by atoms with E-state index in [4.69, 9.17) is 5.73 Å². The molecule has 0 aliphatic heterocycles. The second kappa shape index (κ2) is 5.14. The number of nitrogen functional groups attached to an aromatic ring is 1. The standard InChI is InChI=1S/C14H19N5/c1-14(2,3)19-13-8-12(16-9-17-13)18-11-6-4-10(15)5-7-11/h4-9H,15H2,1-3H3,(H2,16,17,18,19). The lowest BCUT2D eigenvalue weighted by atomic mass is 10.1. The van der Waals surface area contributed by atoms with Crippen molar-refractivity contribution in [2.24, 2.45) is 0 Å². The first-order valence-electron chi connectivity index (χ1n) is 6.15. The fraction of sp³-hybridized carbons (Fsp3) is 0.286. The van der Waals surface area contributed by atoms with Crippen LogP contribution in [0.25, 0.3) is 0 Å². The van der Waals surface area contributed by atoms with Crippen LogP contribution in [0, 0.1) is 0 Å². The number of nitrogens with zero attached hydrogens (tertiary/aromatic N) is 2. The maximum atomic E-state index is 5.65. The quantitative estimate of drug-likeness (QED) is 0.737. The summed E-state index contributed by atoms with van der Waals surface area (Å²) in [6.07, 6.45) is 1.54. The summed E-state index contributed by atoms with van der Waals surface area (Å²) in [5.74, 6) is 1.53. The molecule has 5 heteroatoms. The Morgan fingerprint density at radius 3 is 2.26 bits per heavy atom. The molecule has 1 heterocycles. The first-order chi connectivity index (χ1) is 8.92. The van der Waals surface area contributed by atoms with Crippen LogP contribution >= 0.6 is 0 Å². The van der Waals surface area contributed by atoms with E-state index in [9.17, 15) is 0 Å². The molecule has 0 saturated carbocycles. The normalized spacial score (nSPS) is 11.1. The average Bonchev–Trinajstić information content (AvgIpc) is 2.30. The molecule has 4 N–H and O–H groups in total. The van der Waals surface area contributed by atoms with Crippen LogP contribution in [-0.2, 0) is 0 Å². The Morgan fingerprint density at radius 2 is 1.63 bits per heavy atom. The van der Waals surface area contributed by atoms with Crippen LogP contribution < -0.4 is 16.4 Å². The van der Waals surface area contributed by atoms with Gasteiger partial charge in [-0.3, -0.25) is 0 Å². The molecule has 0 fully saturated rings. The third-order valence-corrected chi connectivity index (χ3v) is 2.35. The monoisotopic (exact) mass is 257 g/mol. The molecule has 0 spiro atoms. The highest BCUT2D eigenvalue weighted by Gasteiger charge is 2.10. The van der Waals surface area contributed by atoms with E-state index in [0.29, 0.717) is 0 Å². The number of hydrogen-bond donors (Lipinski definition) is 3. The van der Waals surface area contributed by atoms with E-state index in [-0.39, 0.29) is 5.54 Å². The molecule has 2 rings (SSSR count). The van der Waals surface area contributed by atoms with Crippen LogP contribution in [0.15, 0.2) is 36.7 Å². The van der Waals surface area contributed by atoms with E-state index >= 15 is 0 Å². The summed E-state index contributed by atoms with van der Waals surface area (Å²) in [6, 6.07) is 9.39. The Labute approximate surface area is 113 Å². The Kier molecular flexibility index (Phi) is 3.55. The molecule has 0 saturated heterocycles. The highest BCUT2D eigenvalue weighted by Crippen LogP contribution is 2.19. The van der Waals surface area contributed by atoms with Crippen molar-refractivity contribution in [3.63, 3.8) is 0 Å². The topological polar surface area (TPSA) is 75.9 Å². The van der Waals surface area contributed by atoms with Crippen molar-refractivity contribution in [1.29, 1.82) is 0 Å². The summed E-state index contributed by atoms with van der Waals surface area (Å²) in [5, 5.41) is 6.52. The third-order valence-electron chi connectivity index (χ3n) is 2.35. The van der Waals surface area contributed by atoms with Crippen LogP contribution in [0.2, 0.25) is 0 Å². The maximum absolute atomic E-state index is 5.65. The minimum atomic E-state index is -0.0349. The molecule has 0 atom stereocenters. The molecule has 0 unspecified atom stereocenters. The molecule has 2 aromatic rings. The van der Waals surface area contributed by atoms with Gasteiger partial charge in [-0.1, -0.05) is 0 Å². The molecular formula is C14H19N5. The summed E-state index contributed by atoms with van der Waals surface area (Å²) in [4.78, 5) is 8.39. The predicted molar refractivity (Wildman–Crippen MR) is 79.5 cm³/mol. The lowest BCUT2D eigenvalue weighted by molar-refractivity contribution is 0.630. The van der Waals surface area contributed by atoms with Gasteiger partial charge in [0.25, 0.3) is 0 Å². The van der Waals surface area contributed by atoms with E-state index in [1.165, 1.54) is 6.33 Å². The van der Waals surface area contributed by atoms with Crippen molar-refractivity contribution < 1.29 is 0 Å². The number of anilines is 4. The number of nitrogens with one attached hydrogen (secondary N) is 2. The SMILES string of the molecule is CC(C)(C)Nc1cc(Nc2ccc(N)cc2)ncn1. The summed E-state index contributed by atoms with van der Waals surface area (Å²) in [7, 11) is 0. The average molecular weight is 257 g/mol. The Morgan fingerprint density at radius 1 is 1.00 bits per heavy atom. The van der Waals surface area contributed by atoms with Gasteiger partial charge >= 0.3 is 0 Å². The molecular weight excluding hydrogens is 238 g/mol. The molecule has 0 radical (unpaired) electrons. The molecule has 1 aromatic heterocycles. The van der Waals surface area contributed by atoms with E-state index in [1.807, 2.05) is 30.3 Å². The van der Waals surface area contributed by atoms with Crippen molar-refractivity contribution in [1.82, 2.24) is 9.97 Å². The number of hydrogen-bond acceptors (Lipinski definition) is 5. The molecule has 0 amide bonds. The lowest BCUT2D eigenvalue weighted by Gasteiger charge is -2.21. The van der Waals surface area contributed by atoms with Crippen molar-refractivity contribution in [3.8, 4) is 0 Å². The minimum absolute atomic E-state index is 0.0349. The van der Waals surface area contributed by atoms with Gasteiger partial charge < -0.3 is 16.4 Å². The first kappa shape index (κ1) is 13.1. The predicted octanol–water partition coefficient (Wildman–Crippen LogP) is 3.01. The van der Waals surface area contributed by atoms with Crippen molar-refractivity contribution >= 4 is 23.0 Å². The second-order valence-electron chi connectivity index (χ2n) is 5.41. The molecule has 0 bridgehead atoms. The number of rotatable bonds is 3. The van der Waals surface area contributed by atoms with Crippen LogP contribution in [-0.4, -0.2) is 15.5 Å². The van der Waals surface area contributed by atoms with Crippen molar-refractivity contribution in [2.75, 3.05) is 16.4 Å². The van der Waals surface area contributed by atoms with Gasteiger partial charge in [0, 0.05) is 23.0 Å². The molecule has 5 nitrogen and oxygen atoms in total. The van der Waals surface area contributed by atoms with E-state index < -0.39 is 0 Å². The van der Waals surface area contributed by atoms with Crippen LogP contribution in [0.1, 0.15) is 20.8 Å². The van der Waals surface area contributed by atoms with Gasteiger partial charge in [0.05, 0.1) is 0 Å². The lowest BCUT2D eigenvalue weighted by Crippen LogP contribution is -2.26. The zero-order valence-electron chi connectivity index (χ0n) is 11.4. The highest BCUT2D eigenvalue weighted by molar-refractivity contribution is 5.61. The molecule has 1 aromatic carbocycles.